The Morgan fingerprint density at radius 1 is 1.41 bits per heavy atom. The van der Waals surface area contributed by atoms with Gasteiger partial charge in [0, 0.05) is 32.4 Å². The molecular weight excluding hydrogens is 396 g/mol. The van der Waals surface area contributed by atoms with Crippen molar-refractivity contribution in [2.24, 2.45) is 13.0 Å². The van der Waals surface area contributed by atoms with Gasteiger partial charge in [-0.05, 0) is 39.5 Å². The molecule has 10 nitrogen and oxygen atoms in total. The van der Waals surface area contributed by atoms with E-state index in [2.05, 4.69) is 20.0 Å². The molecule has 0 radical (unpaired) electrons. The normalized spacial score (nSPS) is 26.8. The lowest BCUT2D eigenvalue weighted by molar-refractivity contribution is 0.0772. The fourth-order valence-corrected chi connectivity index (χ4v) is 5.62. The maximum atomic E-state index is 13.1. The van der Waals surface area contributed by atoms with Gasteiger partial charge in [0.15, 0.2) is 5.82 Å². The van der Waals surface area contributed by atoms with Crippen LogP contribution in [0.25, 0.3) is 0 Å². The molecule has 4 rings (SSSR count). The summed E-state index contributed by atoms with van der Waals surface area (Å²) in [4.78, 5) is 19.4. The quantitative estimate of drug-likeness (QED) is 0.745. The largest absolute Gasteiger partial charge is 0.339 e. The van der Waals surface area contributed by atoms with E-state index in [1.165, 1.54) is 0 Å². The maximum absolute atomic E-state index is 13.1. The van der Waals surface area contributed by atoms with Gasteiger partial charge in [0.25, 0.3) is 5.91 Å². The van der Waals surface area contributed by atoms with Crippen molar-refractivity contribution in [1.29, 1.82) is 0 Å². The van der Waals surface area contributed by atoms with E-state index in [1.807, 2.05) is 6.92 Å². The minimum absolute atomic E-state index is 0.0335. The van der Waals surface area contributed by atoms with Gasteiger partial charge in [0.1, 0.15) is 0 Å². The second-order valence-electron chi connectivity index (χ2n) is 8.15. The van der Waals surface area contributed by atoms with Gasteiger partial charge in [-0.3, -0.25) is 9.48 Å². The number of hydrogen-bond acceptors (Lipinski definition) is 7. The molecule has 0 aromatic carbocycles. The van der Waals surface area contributed by atoms with Gasteiger partial charge in [-0.2, -0.15) is 10.1 Å². The van der Waals surface area contributed by atoms with Crippen molar-refractivity contribution in [2.75, 3.05) is 18.8 Å². The molecule has 3 heterocycles. The van der Waals surface area contributed by atoms with E-state index in [1.54, 1.807) is 36.7 Å². The molecule has 2 aliphatic rings. The summed E-state index contributed by atoms with van der Waals surface area (Å²) in [6.45, 7) is 6.11. The van der Waals surface area contributed by atoms with Crippen LogP contribution in [0.1, 0.15) is 47.5 Å². The molecular formula is C18H26N6O4S. The fraction of sp³-hybridized carbons (Fsp3) is 0.667. The van der Waals surface area contributed by atoms with Crippen molar-refractivity contribution >= 4 is 15.9 Å². The van der Waals surface area contributed by atoms with Crippen LogP contribution in [0.5, 0.6) is 0 Å². The number of aryl methyl sites for hydroxylation is 3. The number of amides is 1. The summed E-state index contributed by atoms with van der Waals surface area (Å²) in [7, 11) is -1.53. The Morgan fingerprint density at radius 3 is 2.76 bits per heavy atom. The molecule has 158 valence electrons. The molecule has 0 bridgehead atoms. The van der Waals surface area contributed by atoms with E-state index in [-0.39, 0.29) is 23.6 Å². The molecule has 1 amide bonds. The second-order valence-corrected chi connectivity index (χ2v) is 10.2. The maximum Gasteiger partial charge on any atom is 0.257 e. The Bertz CT molecular complexity index is 1040. The molecule has 11 heteroatoms. The van der Waals surface area contributed by atoms with Crippen LogP contribution in [-0.2, 0) is 22.5 Å². The van der Waals surface area contributed by atoms with Crippen LogP contribution >= 0.6 is 0 Å². The average molecular weight is 423 g/mol. The SMILES string of the molecule is CCS(=O)(=O)N[C@@H]1C[C@H]2CN(C(=O)c3cn(C)nc3C)C[C@@]2(c2nc(C)no2)C1. The summed E-state index contributed by atoms with van der Waals surface area (Å²) >= 11 is 0. The number of nitrogens with one attached hydrogen (secondary N) is 1. The summed E-state index contributed by atoms with van der Waals surface area (Å²) in [6.07, 6.45) is 2.87. The molecule has 1 saturated carbocycles. The van der Waals surface area contributed by atoms with Crippen molar-refractivity contribution in [1.82, 2.24) is 29.5 Å². The molecule has 0 spiro atoms. The van der Waals surface area contributed by atoms with Crippen LogP contribution in [0.2, 0.25) is 0 Å². The number of nitrogens with zero attached hydrogens (tertiary/aromatic N) is 5. The lowest BCUT2D eigenvalue weighted by Gasteiger charge is -2.25. The smallest absolute Gasteiger partial charge is 0.257 e. The molecule has 2 aromatic heterocycles. The lowest BCUT2D eigenvalue weighted by atomic mass is 9.80. The summed E-state index contributed by atoms with van der Waals surface area (Å²) in [5.41, 5.74) is 0.715. The molecule has 1 N–H and O–H groups in total. The van der Waals surface area contributed by atoms with Gasteiger partial charge in [0.2, 0.25) is 15.9 Å². The third-order valence-corrected chi connectivity index (χ3v) is 7.54. The number of fused-ring (bicyclic) bond motifs is 1. The monoisotopic (exact) mass is 422 g/mol. The Kier molecular flexibility index (Phi) is 4.77. The third kappa shape index (κ3) is 3.46. The molecule has 1 aliphatic carbocycles. The Morgan fingerprint density at radius 2 is 2.17 bits per heavy atom. The van der Waals surface area contributed by atoms with Crippen molar-refractivity contribution in [3.63, 3.8) is 0 Å². The van der Waals surface area contributed by atoms with Crippen LogP contribution in [0.3, 0.4) is 0 Å². The van der Waals surface area contributed by atoms with Crippen LogP contribution in [-0.4, -0.2) is 64.0 Å². The number of likely N-dealkylation sites (tertiary alicyclic amines) is 1. The average Bonchev–Trinajstić information content (AvgIpc) is 3.37. The number of sulfonamides is 1. The van der Waals surface area contributed by atoms with Crippen LogP contribution in [0.15, 0.2) is 10.7 Å². The van der Waals surface area contributed by atoms with Crippen LogP contribution in [0.4, 0.5) is 0 Å². The predicted molar refractivity (Wildman–Crippen MR) is 104 cm³/mol. The number of carbonyl (C=O) groups excluding carboxylic acids is 1. The van der Waals surface area contributed by atoms with Gasteiger partial charge in [-0.25, -0.2) is 13.1 Å². The first-order valence-electron chi connectivity index (χ1n) is 9.74. The molecule has 1 aliphatic heterocycles. The summed E-state index contributed by atoms with van der Waals surface area (Å²) < 4.78 is 34.1. The number of carbonyl (C=O) groups is 1. The number of hydrogen-bond donors (Lipinski definition) is 1. The van der Waals surface area contributed by atoms with Crippen molar-refractivity contribution in [2.45, 2.75) is 45.1 Å². The molecule has 2 fully saturated rings. The van der Waals surface area contributed by atoms with E-state index < -0.39 is 15.4 Å². The van der Waals surface area contributed by atoms with E-state index >= 15 is 0 Å². The van der Waals surface area contributed by atoms with Gasteiger partial charge >= 0.3 is 0 Å². The van der Waals surface area contributed by atoms with Gasteiger partial charge < -0.3 is 9.42 Å². The zero-order valence-corrected chi connectivity index (χ0v) is 17.9. The number of rotatable bonds is 5. The Labute approximate surface area is 169 Å². The van der Waals surface area contributed by atoms with Gasteiger partial charge in [-0.15, -0.1) is 0 Å². The van der Waals surface area contributed by atoms with Crippen LogP contribution < -0.4 is 4.72 Å². The van der Waals surface area contributed by atoms with Crippen molar-refractivity contribution in [3.05, 3.63) is 29.2 Å². The minimum Gasteiger partial charge on any atom is -0.339 e. The highest BCUT2D eigenvalue weighted by Crippen LogP contribution is 2.50. The summed E-state index contributed by atoms with van der Waals surface area (Å²) in [5, 5.41) is 8.20. The summed E-state index contributed by atoms with van der Waals surface area (Å²) in [6, 6.07) is -0.213. The predicted octanol–water partition coefficient (Wildman–Crippen LogP) is 0.532. The van der Waals surface area contributed by atoms with Gasteiger partial charge in [0.05, 0.1) is 22.4 Å². The summed E-state index contributed by atoms with van der Waals surface area (Å²) in [5.74, 6) is 1.00. The van der Waals surface area contributed by atoms with E-state index in [0.717, 1.165) is 0 Å². The highest BCUT2D eigenvalue weighted by atomic mass is 32.2. The van der Waals surface area contributed by atoms with E-state index in [9.17, 15) is 13.2 Å². The molecule has 1 saturated heterocycles. The lowest BCUT2D eigenvalue weighted by Crippen LogP contribution is -2.40. The first-order chi connectivity index (χ1) is 13.6. The fourth-order valence-electron chi connectivity index (χ4n) is 4.76. The standard InChI is InChI=1S/C18H26N6O4S/c1-5-29(26,27)22-14-6-13-8-24(16(25)15-9-23(4)20-11(15)2)10-18(13,7-14)17-19-12(3)21-28-17/h9,13-14,22H,5-8,10H2,1-4H3/t13-,14+,18-/m0/s1. The third-order valence-electron chi connectivity index (χ3n) is 6.09. The van der Waals surface area contributed by atoms with E-state index in [4.69, 9.17) is 4.52 Å². The topological polar surface area (TPSA) is 123 Å². The molecule has 3 atom stereocenters. The molecule has 29 heavy (non-hydrogen) atoms. The highest BCUT2D eigenvalue weighted by Gasteiger charge is 2.58. The Balaban J connectivity index is 1.63. The van der Waals surface area contributed by atoms with E-state index in [0.29, 0.717) is 48.9 Å². The first kappa shape index (κ1) is 20.0. The van der Waals surface area contributed by atoms with Crippen LogP contribution in [0, 0.1) is 19.8 Å². The number of aromatic nitrogens is 4. The van der Waals surface area contributed by atoms with Gasteiger partial charge in [-0.1, -0.05) is 5.16 Å². The van der Waals surface area contributed by atoms with Crippen molar-refractivity contribution in [3.8, 4) is 0 Å². The molecule has 2 aromatic rings. The second kappa shape index (κ2) is 6.91. The first-order valence-corrected chi connectivity index (χ1v) is 11.4. The minimum atomic E-state index is -3.32. The zero-order valence-electron chi connectivity index (χ0n) is 17.0. The molecule has 0 unspecified atom stereocenters. The van der Waals surface area contributed by atoms with Crippen molar-refractivity contribution < 1.29 is 17.7 Å². The highest BCUT2D eigenvalue weighted by molar-refractivity contribution is 7.89. The Hall–Kier alpha value is -2.27. The zero-order chi connectivity index (χ0) is 21.0.